The molecule has 31 heavy (non-hydrogen) atoms. The molecule has 0 bridgehead atoms. The lowest BCUT2D eigenvalue weighted by Gasteiger charge is -2.08. The average molecular weight is 413 g/mol. The average Bonchev–Trinajstić information content (AvgIpc) is 3.43. The molecule has 1 aliphatic heterocycles. The Morgan fingerprint density at radius 1 is 1.42 bits per heavy atom. The first-order valence-electron chi connectivity index (χ1n) is 10.0. The molecule has 1 fully saturated rings. The second kappa shape index (κ2) is 8.81. The topological polar surface area (TPSA) is 110 Å². The summed E-state index contributed by atoms with van der Waals surface area (Å²) in [5, 5.41) is 6.18. The first kappa shape index (κ1) is 20.3. The van der Waals surface area contributed by atoms with Gasteiger partial charge in [-0.1, -0.05) is 18.1 Å². The van der Waals surface area contributed by atoms with Crippen LogP contribution in [0.3, 0.4) is 0 Å². The lowest BCUT2D eigenvalue weighted by Crippen LogP contribution is -2.21. The molecule has 1 atom stereocenters. The number of carbonyl (C=O) groups excluding carboxylic acids is 1. The van der Waals surface area contributed by atoms with Crippen LogP contribution in [0.2, 0.25) is 0 Å². The molecule has 3 aromatic rings. The number of nitrogens with zero attached hydrogens (tertiary/aromatic N) is 4. The van der Waals surface area contributed by atoms with Gasteiger partial charge in [-0.05, 0) is 38.4 Å². The molecule has 0 aliphatic carbocycles. The van der Waals surface area contributed by atoms with Crippen LogP contribution in [0.15, 0.2) is 53.5 Å². The van der Waals surface area contributed by atoms with E-state index in [0.717, 1.165) is 42.0 Å². The van der Waals surface area contributed by atoms with E-state index >= 15 is 0 Å². The molecule has 4 N–H and O–H groups in total. The van der Waals surface area contributed by atoms with Gasteiger partial charge in [0.1, 0.15) is 28.7 Å². The summed E-state index contributed by atoms with van der Waals surface area (Å²) in [4.78, 5) is 25.7. The number of nitrogen functional groups attached to an aromatic ring is 1. The van der Waals surface area contributed by atoms with Crippen LogP contribution in [0.25, 0.3) is 16.8 Å². The predicted octanol–water partition coefficient (Wildman–Crippen LogP) is 2.70. The number of terminal acetylenes is 1. The van der Waals surface area contributed by atoms with Crippen molar-refractivity contribution in [3.63, 3.8) is 0 Å². The normalized spacial score (nSPS) is 16.6. The van der Waals surface area contributed by atoms with Crippen molar-refractivity contribution in [2.24, 2.45) is 4.99 Å². The number of benzene rings is 1. The van der Waals surface area contributed by atoms with Crippen molar-refractivity contribution < 1.29 is 4.79 Å². The van der Waals surface area contributed by atoms with E-state index in [0.29, 0.717) is 17.2 Å². The molecule has 4 rings (SSSR count). The van der Waals surface area contributed by atoms with Gasteiger partial charge in [-0.25, -0.2) is 15.0 Å². The Bertz CT molecular complexity index is 1210. The van der Waals surface area contributed by atoms with Crippen LogP contribution < -0.4 is 16.4 Å². The number of anilines is 1. The zero-order chi connectivity index (χ0) is 21.8. The molecule has 0 spiro atoms. The third-order valence-electron chi connectivity index (χ3n) is 5.13. The van der Waals surface area contributed by atoms with Crippen molar-refractivity contribution in [2.45, 2.75) is 25.8 Å². The van der Waals surface area contributed by atoms with Crippen LogP contribution in [0, 0.1) is 12.3 Å². The second-order valence-corrected chi connectivity index (χ2v) is 7.11. The minimum absolute atomic E-state index is 0.175. The Morgan fingerprint density at radius 3 is 2.90 bits per heavy atom. The number of nitrogens with two attached hydrogens (primary N) is 1. The molecule has 3 heterocycles. The van der Waals surface area contributed by atoms with Gasteiger partial charge in [-0.3, -0.25) is 9.20 Å². The zero-order valence-corrected chi connectivity index (χ0v) is 17.2. The van der Waals surface area contributed by atoms with Crippen molar-refractivity contribution in [3.8, 4) is 23.6 Å². The van der Waals surface area contributed by atoms with E-state index < -0.39 is 0 Å². The molecule has 156 valence electrons. The molecular weight excluding hydrogens is 390 g/mol. The number of carbonyl (C=O) groups is 1. The first-order valence-corrected chi connectivity index (χ1v) is 10.0. The van der Waals surface area contributed by atoms with Gasteiger partial charge in [0.15, 0.2) is 0 Å². The lowest BCUT2D eigenvalue weighted by atomic mass is 10.1. The van der Waals surface area contributed by atoms with Crippen LogP contribution in [-0.4, -0.2) is 33.0 Å². The number of imidazole rings is 1. The summed E-state index contributed by atoms with van der Waals surface area (Å²) in [7, 11) is 0. The van der Waals surface area contributed by atoms with Crippen LogP contribution in [-0.2, 0) is 0 Å². The summed E-state index contributed by atoms with van der Waals surface area (Å²) in [6.45, 7) is 2.72. The molecule has 0 saturated carbocycles. The fourth-order valence-corrected chi connectivity index (χ4v) is 3.73. The third kappa shape index (κ3) is 4.04. The number of nitrogens with one attached hydrogen (secondary N) is 2. The smallest absolute Gasteiger partial charge is 0.256 e. The first-order chi connectivity index (χ1) is 15.1. The third-order valence-corrected chi connectivity index (χ3v) is 5.13. The standard InChI is InChI=1S/C23H23N7O/c1-3-6-18(25-4-2)28-23(31)16-10-8-15(9-11-16)19-20-21(24)27-13-14-30(20)22(29-19)17-7-5-12-26-17/h1,4,6,8-11,13-14,17,26H,5,7,12H2,2H3,(H2,24,27)(H,28,31)/b18-6+,25-4?/t17-/m0/s1. The monoisotopic (exact) mass is 413 g/mol. The van der Waals surface area contributed by atoms with Gasteiger partial charge in [0.2, 0.25) is 0 Å². The van der Waals surface area contributed by atoms with Crippen LogP contribution in [0.4, 0.5) is 5.82 Å². The number of allylic oxidation sites excluding steroid dienone is 1. The maximum Gasteiger partial charge on any atom is 0.256 e. The highest BCUT2D eigenvalue weighted by Gasteiger charge is 2.24. The van der Waals surface area contributed by atoms with Crippen molar-refractivity contribution >= 4 is 23.5 Å². The molecular formula is C23H23N7O. The zero-order valence-electron chi connectivity index (χ0n) is 17.2. The maximum atomic E-state index is 12.5. The summed E-state index contributed by atoms with van der Waals surface area (Å²) < 4.78 is 2.00. The summed E-state index contributed by atoms with van der Waals surface area (Å²) in [5.74, 6) is 3.71. The van der Waals surface area contributed by atoms with E-state index in [4.69, 9.17) is 17.1 Å². The van der Waals surface area contributed by atoms with Gasteiger partial charge in [0, 0.05) is 35.8 Å². The van der Waals surface area contributed by atoms with Crippen molar-refractivity contribution in [1.82, 2.24) is 25.0 Å². The lowest BCUT2D eigenvalue weighted by molar-refractivity contribution is 0.0965. The summed E-state index contributed by atoms with van der Waals surface area (Å²) >= 11 is 0. The number of aromatic nitrogens is 3. The molecule has 2 aromatic heterocycles. The van der Waals surface area contributed by atoms with E-state index in [2.05, 4.69) is 26.5 Å². The van der Waals surface area contributed by atoms with Gasteiger partial charge in [-0.2, -0.15) is 0 Å². The van der Waals surface area contributed by atoms with Gasteiger partial charge in [0.05, 0.1) is 6.04 Å². The molecule has 1 saturated heterocycles. The number of hydrogen-bond acceptors (Lipinski definition) is 6. The highest BCUT2D eigenvalue weighted by molar-refractivity contribution is 5.96. The Hall–Kier alpha value is -3.96. The fourth-order valence-electron chi connectivity index (χ4n) is 3.73. The van der Waals surface area contributed by atoms with Crippen molar-refractivity contribution in [2.75, 3.05) is 12.3 Å². The Labute approximate surface area is 180 Å². The minimum Gasteiger partial charge on any atom is -0.382 e. The molecule has 0 unspecified atom stereocenters. The van der Waals surface area contributed by atoms with Crippen LogP contribution in [0.1, 0.15) is 42.0 Å². The molecule has 8 heteroatoms. The molecule has 1 amide bonds. The summed E-state index contributed by atoms with van der Waals surface area (Å²) in [6.07, 6.45) is 13.9. The molecule has 1 aliphatic rings. The van der Waals surface area contributed by atoms with Gasteiger partial charge in [0.25, 0.3) is 5.91 Å². The maximum absolute atomic E-state index is 12.5. The number of aliphatic imine (C=N–C) groups is 1. The minimum atomic E-state index is -0.301. The van der Waals surface area contributed by atoms with Gasteiger partial charge in [-0.15, -0.1) is 6.42 Å². The molecule has 1 aromatic carbocycles. The summed E-state index contributed by atoms with van der Waals surface area (Å²) in [6, 6.07) is 7.35. The molecule has 8 nitrogen and oxygen atoms in total. The SMILES string of the molecule is C#C/C=C(\N=CC)NC(=O)c1ccc(-c2nc([C@@H]3CCCN3)n3ccnc(N)c23)cc1. The van der Waals surface area contributed by atoms with Gasteiger partial charge < -0.3 is 16.4 Å². The highest BCUT2D eigenvalue weighted by atomic mass is 16.1. The predicted molar refractivity (Wildman–Crippen MR) is 121 cm³/mol. The number of fused-ring (bicyclic) bond motifs is 1. The largest absolute Gasteiger partial charge is 0.382 e. The van der Waals surface area contributed by atoms with E-state index in [1.165, 1.54) is 6.08 Å². The number of rotatable bonds is 5. The van der Waals surface area contributed by atoms with E-state index in [1.54, 1.807) is 31.5 Å². The Morgan fingerprint density at radius 2 is 2.23 bits per heavy atom. The van der Waals surface area contributed by atoms with E-state index in [-0.39, 0.29) is 11.9 Å². The number of hydrogen-bond donors (Lipinski definition) is 3. The van der Waals surface area contributed by atoms with Crippen LogP contribution in [0.5, 0.6) is 0 Å². The van der Waals surface area contributed by atoms with Crippen molar-refractivity contribution in [1.29, 1.82) is 0 Å². The Kier molecular flexibility index (Phi) is 5.78. The van der Waals surface area contributed by atoms with E-state index in [9.17, 15) is 4.79 Å². The quantitative estimate of drug-likeness (QED) is 0.440. The Balaban J connectivity index is 1.67. The molecule has 0 radical (unpaired) electrons. The van der Waals surface area contributed by atoms with Gasteiger partial charge >= 0.3 is 0 Å². The fraction of sp³-hybridized carbons (Fsp3) is 0.217. The highest BCUT2D eigenvalue weighted by Crippen LogP contribution is 2.32. The number of amides is 1. The van der Waals surface area contributed by atoms with Crippen LogP contribution >= 0.6 is 0 Å². The van der Waals surface area contributed by atoms with E-state index in [1.807, 2.05) is 22.7 Å². The van der Waals surface area contributed by atoms with Crippen molar-refractivity contribution in [3.05, 3.63) is 59.9 Å². The second-order valence-electron chi connectivity index (χ2n) is 7.11. The summed E-state index contributed by atoms with van der Waals surface area (Å²) in [5.41, 5.74) is 9.04.